The molecule has 0 aliphatic carbocycles. The van der Waals surface area contributed by atoms with Gasteiger partial charge in [-0.05, 0) is 59.7 Å². The van der Waals surface area contributed by atoms with Gasteiger partial charge in [0.25, 0.3) is 0 Å². The van der Waals surface area contributed by atoms with Crippen LogP contribution in [0.3, 0.4) is 0 Å². The largest absolute Gasteiger partial charge is 0.449 e. The Morgan fingerprint density at radius 2 is 1.60 bits per heavy atom. The molecule has 1 fully saturated rings. The number of benzene rings is 3. The van der Waals surface area contributed by atoms with Crippen LogP contribution in [0, 0.1) is 0 Å². The van der Waals surface area contributed by atoms with Crippen LogP contribution in [-0.2, 0) is 9.59 Å². The number of anilines is 2. The number of hydrogen-bond acceptors (Lipinski definition) is 6. The molecule has 0 saturated carbocycles. The van der Waals surface area contributed by atoms with E-state index in [1.54, 1.807) is 54.4 Å². The average molecular weight is 558 g/mol. The number of halogens is 1. The van der Waals surface area contributed by atoms with E-state index in [2.05, 4.69) is 10.4 Å². The molecule has 5 rings (SSSR count). The summed E-state index contributed by atoms with van der Waals surface area (Å²) < 4.78 is 7.52. The first kappa shape index (κ1) is 27.0. The standard InChI is InChI=1S/C30H28ClN5O4/c1-20(37)33-25-5-3-4-23(18-25)22-6-12-27(13-7-22)40-29-28(35-16-14-34(15-17-35)21(2)38)19-32-36(30(29)39)26-10-8-24(31)9-11-26/h3-13,18-19H,14-17H2,1-2H3,(H,33,37). The van der Waals surface area contributed by atoms with Crippen LogP contribution in [0.15, 0.2) is 83.8 Å². The number of carbonyl (C=O) groups is 2. The van der Waals surface area contributed by atoms with Crippen molar-refractivity contribution in [3.63, 3.8) is 0 Å². The van der Waals surface area contributed by atoms with Gasteiger partial charge >= 0.3 is 5.56 Å². The summed E-state index contributed by atoms with van der Waals surface area (Å²) in [5.41, 5.74) is 3.26. The predicted octanol–water partition coefficient (Wildman–Crippen LogP) is 4.97. The smallest absolute Gasteiger partial charge is 0.316 e. The molecule has 40 heavy (non-hydrogen) atoms. The number of aromatic nitrogens is 2. The Bertz CT molecular complexity index is 1590. The van der Waals surface area contributed by atoms with E-state index in [0.29, 0.717) is 54.0 Å². The second kappa shape index (κ2) is 11.6. The lowest BCUT2D eigenvalue weighted by Crippen LogP contribution is -2.48. The monoisotopic (exact) mass is 557 g/mol. The number of amides is 2. The maximum absolute atomic E-state index is 13.7. The maximum Gasteiger partial charge on any atom is 0.316 e. The molecule has 2 amide bonds. The van der Waals surface area contributed by atoms with Crippen molar-refractivity contribution in [2.24, 2.45) is 0 Å². The van der Waals surface area contributed by atoms with Gasteiger partial charge in [-0.15, -0.1) is 0 Å². The number of hydrogen-bond donors (Lipinski definition) is 1. The van der Waals surface area contributed by atoms with Crippen molar-refractivity contribution in [2.45, 2.75) is 13.8 Å². The van der Waals surface area contributed by atoms with E-state index >= 15 is 0 Å². The van der Waals surface area contributed by atoms with Crippen molar-refractivity contribution in [1.82, 2.24) is 14.7 Å². The Hall–Kier alpha value is -4.63. The second-order valence-corrected chi connectivity index (χ2v) is 9.87. The first-order chi connectivity index (χ1) is 19.3. The van der Waals surface area contributed by atoms with E-state index in [1.807, 2.05) is 41.3 Å². The number of rotatable bonds is 6. The van der Waals surface area contributed by atoms with E-state index < -0.39 is 5.56 Å². The Morgan fingerprint density at radius 3 is 2.25 bits per heavy atom. The van der Waals surface area contributed by atoms with Crippen LogP contribution in [0.2, 0.25) is 5.02 Å². The Morgan fingerprint density at radius 1 is 0.900 bits per heavy atom. The molecule has 4 aromatic rings. The van der Waals surface area contributed by atoms with Crippen molar-refractivity contribution in [2.75, 3.05) is 36.4 Å². The van der Waals surface area contributed by atoms with E-state index in [9.17, 15) is 14.4 Å². The van der Waals surface area contributed by atoms with Gasteiger partial charge in [-0.25, -0.2) is 0 Å². The highest BCUT2D eigenvalue weighted by Gasteiger charge is 2.25. The maximum atomic E-state index is 13.7. The fraction of sp³-hybridized carbons (Fsp3) is 0.200. The molecule has 0 radical (unpaired) electrons. The zero-order valence-electron chi connectivity index (χ0n) is 22.1. The lowest BCUT2D eigenvalue weighted by molar-refractivity contribution is -0.129. The first-order valence-electron chi connectivity index (χ1n) is 12.8. The number of nitrogens with zero attached hydrogens (tertiary/aromatic N) is 4. The van der Waals surface area contributed by atoms with Crippen molar-refractivity contribution in [3.8, 4) is 28.3 Å². The highest BCUT2D eigenvalue weighted by atomic mass is 35.5. The molecule has 1 aliphatic rings. The van der Waals surface area contributed by atoms with Crippen LogP contribution in [0.25, 0.3) is 16.8 Å². The molecule has 0 unspecified atom stereocenters. The molecule has 3 aromatic carbocycles. The van der Waals surface area contributed by atoms with Crippen molar-refractivity contribution < 1.29 is 14.3 Å². The second-order valence-electron chi connectivity index (χ2n) is 9.43. The first-order valence-corrected chi connectivity index (χ1v) is 13.2. The molecule has 0 spiro atoms. The summed E-state index contributed by atoms with van der Waals surface area (Å²) in [5.74, 6) is 0.508. The number of ether oxygens (including phenoxy) is 1. The minimum Gasteiger partial charge on any atom is -0.449 e. The van der Waals surface area contributed by atoms with Crippen molar-refractivity contribution in [1.29, 1.82) is 0 Å². The summed E-state index contributed by atoms with van der Waals surface area (Å²) in [6.07, 6.45) is 1.62. The third-order valence-corrected chi connectivity index (χ3v) is 6.89. The molecule has 10 heteroatoms. The molecule has 1 aliphatic heterocycles. The van der Waals surface area contributed by atoms with E-state index in [-0.39, 0.29) is 17.6 Å². The summed E-state index contributed by atoms with van der Waals surface area (Å²) in [5, 5.41) is 7.77. The van der Waals surface area contributed by atoms with E-state index in [4.69, 9.17) is 16.3 Å². The lowest BCUT2D eigenvalue weighted by Gasteiger charge is -2.35. The molecule has 0 atom stereocenters. The van der Waals surface area contributed by atoms with Crippen LogP contribution in [-0.4, -0.2) is 52.7 Å². The number of piperazine rings is 1. The summed E-state index contributed by atoms with van der Waals surface area (Å²) in [6, 6.07) is 21.8. The van der Waals surface area contributed by atoms with Gasteiger partial charge in [-0.1, -0.05) is 35.9 Å². The third kappa shape index (κ3) is 6.00. The Labute approximate surface area is 236 Å². The van der Waals surface area contributed by atoms with Crippen LogP contribution in [0.4, 0.5) is 11.4 Å². The summed E-state index contributed by atoms with van der Waals surface area (Å²) in [7, 11) is 0. The van der Waals surface area contributed by atoms with Crippen LogP contribution >= 0.6 is 11.6 Å². The molecule has 9 nitrogen and oxygen atoms in total. The number of carbonyl (C=O) groups excluding carboxylic acids is 2. The highest BCUT2D eigenvalue weighted by Crippen LogP contribution is 2.32. The van der Waals surface area contributed by atoms with Gasteiger partial charge in [0.05, 0.1) is 11.9 Å². The predicted molar refractivity (Wildman–Crippen MR) is 156 cm³/mol. The lowest BCUT2D eigenvalue weighted by atomic mass is 10.0. The third-order valence-electron chi connectivity index (χ3n) is 6.64. The minimum absolute atomic E-state index is 0.0232. The molecule has 1 aromatic heterocycles. The van der Waals surface area contributed by atoms with Crippen LogP contribution in [0.1, 0.15) is 13.8 Å². The summed E-state index contributed by atoms with van der Waals surface area (Å²) in [6.45, 7) is 5.20. The Balaban J connectivity index is 1.47. The molecular formula is C30H28ClN5O4. The van der Waals surface area contributed by atoms with Crippen molar-refractivity contribution >= 4 is 34.8 Å². The van der Waals surface area contributed by atoms with Crippen LogP contribution in [0.5, 0.6) is 11.5 Å². The molecule has 0 bridgehead atoms. The molecule has 1 N–H and O–H groups in total. The highest BCUT2D eigenvalue weighted by molar-refractivity contribution is 6.30. The molecule has 1 saturated heterocycles. The van der Waals surface area contributed by atoms with Gasteiger partial charge in [-0.3, -0.25) is 14.4 Å². The van der Waals surface area contributed by atoms with Gasteiger partial charge in [0, 0.05) is 50.7 Å². The average Bonchev–Trinajstić information content (AvgIpc) is 2.95. The van der Waals surface area contributed by atoms with Gasteiger partial charge in [0.1, 0.15) is 11.4 Å². The summed E-state index contributed by atoms with van der Waals surface area (Å²) >= 11 is 6.04. The quantitative estimate of drug-likeness (QED) is 0.359. The van der Waals surface area contributed by atoms with Crippen molar-refractivity contribution in [3.05, 3.63) is 94.4 Å². The van der Waals surface area contributed by atoms with Crippen LogP contribution < -0.4 is 20.5 Å². The van der Waals surface area contributed by atoms with Gasteiger partial charge in [0.2, 0.25) is 17.6 Å². The normalized spacial score (nSPS) is 13.2. The molecule has 2 heterocycles. The zero-order chi connectivity index (χ0) is 28.2. The topological polar surface area (TPSA) is 96.8 Å². The van der Waals surface area contributed by atoms with Gasteiger partial charge in [-0.2, -0.15) is 9.78 Å². The zero-order valence-corrected chi connectivity index (χ0v) is 22.9. The molecule has 204 valence electrons. The van der Waals surface area contributed by atoms with E-state index in [0.717, 1.165) is 11.1 Å². The van der Waals surface area contributed by atoms with Gasteiger partial charge in [0.15, 0.2) is 0 Å². The minimum atomic E-state index is -0.416. The SMILES string of the molecule is CC(=O)Nc1cccc(-c2ccc(Oc3c(N4CCN(C(C)=O)CC4)cnn(-c4ccc(Cl)cc4)c3=O)cc2)c1. The fourth-order valence-electron chi connectivity index (χ4n) is 4.59. The number of nitrogens with one attached hydrogen (secondary N) is 1. The van der Waals surface area contributed by atoms with Gasteiger partial charge < -0.3 is 19.9 Å². The molecular weight excluding hydrogens is 530 g/mol. The van der Waals surface area contributed by atoms with E-state index in [1.165, 1.54) is 11.6 Å². The fourth-order valence-corrected chi connectivity index (χ4v) is 4.72. The summed E-state index contributed by atoms with van der Waals surface area (Å²) in [4.78, 5) is 40.8. The Kier molecular flexibility index (Phi) is 7.84.